The van der Waals surface area contributed by atoms with Crippen LogP contribution in [0.2, 0.25) is 0 Å². The zero-order chi connectivity index (χ0) is 14.4. The molecule has 0 aliphatic rings. The summed E-state index contributed by atoms with van der Waals surface area (Å²) in [4.78, 5) is 0. The molecule has 2 aromatic rings. The molecule has 0 spiro atoms. The van der Waals surface area contributed by atoms with E-state index in [9.17, 15) is 5.11 Å². The number of aliphatic hydroxyl groups excluding tert-OH is 1. The van der Waals surface area contributed by atoms with Crippen molar-refractivity contribution in [3.63, 3.8) is 0 Å². The monoisotopic (exact) mass is 268 g/mol. The first-order valence-corrected chi connectivity index (χ1v) is 7.52. The quantitative estimate of drug-likeness (QED) is 0.810. The fraction of sp³-hybridized carbons (Fsp3) is 0.368. The van der Waals surface area contributed by atoms with E-state index in [-0.39, 0.29) is 12.0 Å². The van der Waals surface area contributed by atoms with Crippen LogP contribution < -0.4 is 0 Å². The lowest BCUT2D eigenvalue weighted by molar-refractivity contribution is 0.0952. The van der Waals surface area contributed by atoms with Crippen molar-refractivity contribution in [2.75, 3.05) is 0 Å². The van der Waals surface area contributed by atoms with Gasteiger partial charge >= 0.3 is 0 Å². The van der Waals surface area contributed by atoms with E-state index in [0.29, 0.717) is 5.92 Å². The van der Waals surface area contributed by atoms with E-state index in [4.69, 9.17) is 0 Å². The van der Waals surface area contributed by atoms with E-state index < -0.39 is 0 Å². The van der Waals surface area contributed by atoms with Gasteiger partial charge in [-0.15, -0.1) is 0 Å². The van der Waals surface area contributed by atoms with Gasteiger partial charge in [0.1, 0.15) is 0 Å². The molecule has 0 saturated heterocycles. The van der Waals surface area contributed by atoms with Gasteiger partial charge in [0.15, 0.2) is 0 Å². The maximum absolute atomic E-state index is 10.8. The van der Waals surface area contributed by atoms with Crippen LogP contribution in [0, 0.1) is 5.92 Å². The van der Waals surface area contributed by atoms with E-state index in [1.54, 1.807) is 0 Å². The van der Waals surface area contributed by atoms with Crippen LogP contribution in [0.3, 0.4) is 0 Å². The Morgan fingerprint density at radius 2 is 1.30 bits per heavy atom. The Balaban J connectivity index is 2.35. The maximum Gasteiger partial charge on any atom is 0.0674 e. The lowest BCUT2D eigenvalue weighted by Crippen LogP contribution is -2.26. The molecule has 0 fully saturated rings. The Morgan fingerprint density at radius 1 is 0.850 bits per heavy atom. The summed E-state index contributed by atoms with van der Waals surface area (Å²) >= 11 is 0. The summed E-state index contributed by atoms with van der Waals surface area (Å²) in [5.41, 5.74) is 2.38. The van der Waals surface area contributed by atoms with Crippen LogP contribution in [0.15, 0.2) is 60.7 Å². The van der Waals surface area contributed by atoms with Gasteiger partial charge in [0, 0.05) is 5.92 Å². The Labute approximate surface area is 122 Å². The fourth-order valence-electron chi connectivity index (χ4n) is 2.86. The Hall–Kier alpha value is -1.60. The SMILES string of the molecule is CCCC(C)C(O)C(c1ccccc1)c1ccccc1. The second-order valence-electron chi connectivity index (χ2n) is 5.56. The third kappa shape index (κ3) is 3.49. The molecule has 1 heteroatoms. The second kappa shape index (κ2) is 7.25. The standard InChI is InChI=1S/C19H24O/c1-3-10-15(2)19(20)18(16-11-6-4-7-12-16)17-13-8-5-9-14-17/h4-9,11-15,18-20H,3,10H2,1-2H3. The van der Waals surface area contributed by atoms with E-state index in [1.807, 2.05) is 36.4 Å². The molecular formula is C19H24O. The van der Waals surface area contributed by atoms with Gasteiger partial charge in [-0.05, 0) is 23.5 Å². The minimum Gasteiger partial charge on any atom is -0.392 e. The number of hydrogen-bond acceptors (Lipinski definition) is 1. The summed E-state index contributed by atoms with van der Waals surface area (Å²) in [5.74, 6) is 0.351. The van der Waals surface area contributed by atoms with Gasteiger partial charge in [0.05, 0.1) is 6.10 Å². The van der Waals surface area contributed by atoms with Crippen molar-refractivity contribution in [3.05, 3.63) is 71.8 Å². The van der Waals surface area contributed by atoms with Crippen LogP contribution in [0.5, 0.6) is 0 Å². The minimum atomic E-state index is -0.347. The Morgan fingerprint density at radius 3 is 1.70 bits per heavy atom. The number of hydrogen-bond donors (Lipinski definition) is 1. The van der Waals surface area contributed by atoms with Crippen LogP contribution >= 0.6 is 0 Å². The molecule has 2 aromatic carbocycles. The highest BCUT2D eigenvalue weighted by Gasteiger charge is 2.26. The number of aliphatic hydroxyl groups is 1. The molecule has 2 atom stereocenters. The molecule has 0 heterocycles. The minimum absolute atomic E-state index is 0.0546. The van der Waals surface area contributed by atoms with Gasteiger partial charge in [-0.1, -0.05) is 80.9 Å². The topological polar surface area (TPSA) is 20.2 Å². The third-order valence-electron chi connectivity index (χ3n) is 3.99. The molecule has 0 amide bonds. The van der Waals surface area contributed by atoms with Gasteiger partial charge in [-0.2, -0.15) is 0 Å². The predicted octanol–water partition coefficient (Wildman–Crippen LogP) is 4.62. The summed E-state index contributed by atoms with van der Waals surface area (Å²) in [6, 6.07) is 20.7. The molecule has 2 rings (SSSR count). The first kappa shape index (κ1) is 14.8. The first-order valence-electron chi connectivity index (χ1n) is 7.52. The molecule has 0 aromatic heterocycles. The van der Waals surface area contributed by atoms with Crippen LogP contribution in [0.4, 0.5) is 0 Å². The number of benzene rings is 2. The largest absolute Gasteiger partial charge is 0.392 e. The molecule has 0 radical (unpaired) electrons. The Kier molecular flexibility index (Phi) is 5.37. The average Bonchev–Trinajstić information content (AvgIpc) is 2.50. The lowest BCUT2D eigenvalue weighted by Gasteiger charge is -2.28. The fourth-order valence-corrected chi connectivity index (χ4v) is 2.86. The van der Waals surface area contributed by atoms with Crippen molar-refractivity contribution >= 4 is 0 Å². The van der Waals surface area contributed by atoms with Gasteiger partial charge in [0.2, 0.25) is 0 Å². The number of rotatable bonds is 6. The smallest absolute Gasteiger partial charge is 0.0674 e. The maximum atomic E-state index is 10.8. The molecule has 2 unspecified atom stereocenters. The highest BCUT2D eigenvalue weighted by molar-refractivity contribution is 5.33. The summed E-state index contributed by atoms with van der Waals surface area (Å²) < 4.78 is 0. The zero-order valence-electron chi connectivity index (χ0n) is 12.4. The molecule has 0 bridgehead atoms. The molecule has 0 aliphatic heterocycles. The molecule has 1 nitrogen and oxygen atoms in total. The summed E-state index contributed by atoms with van der Waals surface area (Å²) in [5, 5.41) is 10.8. The molecule has 0 saturated carbocycles. The van der Waals surface area contributed by atoms with Gasteiger partial charge < -0.3 is 5.11 Å². The molecule has 0 aliphatic carbocycles. The summed E-state index contributed by atoms with van der Waals surface area (Å²) in [7, 11) is 0. The van der Waals surface area contributed by atoms with Gasteiger partial charge in [0.25, 0.3) is 0 Å². The van der Waals surface area contributed by atoms with Crippen molar-refractivity contribution in [2.45, 2.75) is 38.7 Å². The van der Waals surface area contributed by atoms with E-state index >= 15 is 0 Å². The highest BCUT2D eigenvalue weighted by Crippen LogP contribution is 2.32. The first-order chi connectivity index (χ1) is 9.74. The van der Waals surface area contributed by atoms with Crippen LogP contribution in [0.25, 0.3) is 0 Å². The molecule has 106 valence electrons. The molecular weight excluding hydrogens is 244 g/mol. The third-order valence-corrected chi connectivity index (χ3v) is 3.99. The van der Waals surface area contributed by atoms with E-state index in [1.165, 1.54) is 11.1 Å². The second-order valence-corrected chi connectivity index (χ2v) is 5.56. The highest BCUT2D eigenvalue weighted by atomic mass is 16.3. The molecule has 1 N–H and O–H groups in total. The van der Waals surface area contributed by atoms with E-state index in [0.717, 1.165) is 12.8 Å². The van der Waals surface area contributed by atoms with Crippen molar-refractivity contribution in [2.24, 2.45) is 5.92 Å². The van der Waals surface area contributed by atoms with Crippen molar-refractivity contribution in [1.29, 1.82) is 0 Å². The molecule has 20 heavy (non-hydrogen) atoms. The van der Waals surface area contributed by atoms with Gasteiger partial charge in [-0.3, -0.25) is 0 Å². The normalized spacial score (nSPS) is 14.2. The lowest BCUT2D eigenvalue weighted by atomic mass is 9.80. The summed E-state index contributed by atoms with van der Waals surface area (Å²) in [6.07, 6.45) is 1.81. The van der Waals surface area contributed by atoms with E-state index in [2.05, 4.69) is 38.1 Å². The average molecular weight is 268 g/mol. The van der Waals surface area contributed by atoms with Crippen LogP contribution in [0.1, 0.15) is 43.7 Å². The summed E-state index contributed by atoms with van der Waals surface area (Å²) in [6.45, 7) is 4.32. The zero-order valence-corrected chi connectivity index (χ0v) is 12.4. The Bertz CT molecular complexity index is 452. The van der Waals surface area contributed by atoms with Crippen molar-refractivity contribution in [3.8, 4) is 0 Å². The predicted molar refractivity (Wildman–Crippen MR) is 84.8 cm³/mol. The van der Waals surface area contributed by atoms with Crippen LogP contribution in [-0.4, -0.2) is 11.2 Å². The van der Waals surface area contributed by atoms with Crippen molar-refractivity contribution in [1.82, 2.24) is 0 Å². The van der Waals surface area contributed by atoms with Crippen molar-refractivity contribution < 1.29 is 5.11 Å². The van der Waals surface area contributed by atoms with Gasteiger partial charge in [-0.25, -0.2) is 0 Å². The van der Waals surface area contributed by atoms with Crippen LogP contribution in [-0.2, 0) is 0 Å².